The average Bonchev–Trinajstić information content (AvgIpc) is 3.15. The molecule has 2 nitrogen and oxygen atoms in total. The van der Waals surface area contributed by atoms with Gasteiger partial charge in [0.2, 0.25) is 0 Å². The van der Waals surface area contributed by atoms with Crippen molar-refractivity contribution in [1.82, 2.24) is 0 Å². The van der Waals surface area contributed by atoms with Gasteiger partial charge >= 0.3 is 0 Å². The van der Waals surface area contributed by atoms with Crippen LogP contribution in [0.4, 0.5) is 17.1 Å². The summed E-state index contributed by atoms with van der Waals surface area (Å²) >= 11 is 0. The fourth-order valence-corrected chi connectivity index (χ4v) is 6.63. The van der Waals surface area contributed by atoms with Crippen LogP contribution < -0.4 is 4.90 Å². The molecular formula is C45H30N2. The highest BCUT2D eigenvalue weighted by molar-refractivity contribution is 6.02. The topological polar surface area (TPSA) is 27.0 Å². The van der Waals surface area contributed by atoms with E-state index < -0.39 is 0 Å². The molecule has 0 saturated carbocycles. The maximum Gasteiger partial charge on any atom is 0.0992 e. The van der Waals surface area contributed by atoms with E-state index in [1.54, 1.807) is 0 Å². The minimum atomic E-state index is 0.629. The van der Waals surface area contributed by atoms with Gasteiger partial charge in [0.15, 0.2) is 0 Å². The predicted octanol–water partition coefficient (Wildman–Crippen LogP) is 12.3. The van der Waals surface area contributed by atoms with Gasteiger partial charge in [0.1, 0.15) is 0 Å². The van der Waals surface area contributed by atoms with Crippen LogP contribution in [0.1, 0.15) is 5.56 Å². The van der Waals surface area contributed by atoms with E-state index in [2.05, 4.69) is 169 Å². The molecule has 0 unspecified atom stereocenters. The van der Waals surface area contributed by atoms with Gasteiger partial charge in [0.05, 0.1) is 17.3 Å². The van der Waals surface area contributed by atoms with Gasteiger partial charge in [-0.15, -0.1) is 0 Å². The summed E-state index contributed by atoms with van der Waals surface area (Å²) in [4.78, 5) is 2.37. The molecule has 0 radical (unpaired) electrons. The summed E-state index contributed by atoms with van der Waals surface area (Å²) in [5.74, 6) is 0. The third-order valence-corrected chi connectivity index (χ3v) is 8.83. The number of fused-ring (bicyclic) bond motifs is 2. The fraction of sp³-hybridized carbons (Fsp3) is 0. The van der Waals surface area contributed by atoms with Gasteiger partial charge in [0.25, 0.3) is 0 Å². The van der Waals surface area contributed by atoms with Crippen LogP contribution in [0.25, 0.3) is 54.9 Å². The van der Waals surface area contributed by atoms with E-state index >= 15 is 0 Å². The predicted molar refractivity (Wildman–Crippen MR) is 197 cm³/mol. The Labute approximate surface area is 275 Å². The van der Waals surface area contributed by atoms with Crippen molar-refractivity contribution in [1.29, 1.82) is 5.26 Å². The summed E-state index contributed by atoms with van der Waals surface area (Å²) in [6.45, 7) is 0. The van der Waals surface area contributed by atoms with Crippen LogP contribution in [0.15, 0.2) is 182 Å². The third-order valence-electron chi connectivity index (χ3n) is 8.83. The molecule has 0 fully saturated rings. The smallest absolute Gasteiger partial charge is 0.0992 e. The van der Waals surface area contributed by atoms with Gasteiger partial charge in [0, 0.05) is 16.9 Å². The molecule has 8 rings (SSSR count). The Balaban J connectivity index is 1.45. The van der Waals surface area contributed by atoms with E-state index in [1.807, 2.05) is 24.3 Å². The summed E-state index contributed by atoms with van der Waals surface area (Å²) in [5.41, 5.74) is 10.2. The molecule has 0 aliphatic rings. The molecule has 0 atom stereocenters. The maximum atomic E-state index is 10.2. The second kappa shape index (κ2) is 12.2. The third kappa shape index (κ3) is 5.31. The van der Waals surface area contributed by atoms with Gasteiger partial charge in [-0.1, -0.05) is 140 Å². The van der Waals surface area contributed by atoms with Crippen molar-refractivity contribution in [2.75, 3.05) is 4.90 Å². The lowest BCUT2D eigenvalue weighted by atomic mass is 9.85. The Bertz CT molecular complexity index is 2280. The molecule has 47 heavy (non-hydrogen) atoms. The molecule has 0 saturated heterocycles. The molecule has 0 spiro atoms. The number of benzene rings is 8. The van der Waals surface area contributed by atoms with Gasteiger partial charge in [-0.2, -0.15) is 5.26 Å². The Morgan fingerprint density at radius 1 is 0.383 bits per heavy atom. The van der Waals surface area contributed by atoms with Crippen molar-refractivity contribution in [3.05, 3.63) is 188 Å². The van der Waals surface area contributed by atoms with Crippen molar-refractivity contribution in [2.24, 2.45) is 0 Å². The minimum absolute atomic E-state index is 0.629. The molecule has 220 valence electrons. The lowest BCUT2D eigenvalue weighted by Gasteiger charge is -2.30. The summed E-state index contributed by atoms with van der Waals surface area (Å²) in [6, 6.07) is 66.3. The van der Waals surface area contributed by atoms with Crippen LogP contribution in [-0.4, -0.2) is 0 Å². The molecule has 0 heterocycles. The summed E-state index contributed by atoms with van der Waals surface area (Å²) in [6.07, 6.45) is 0. The number of hydrogen-bond donors (Lipinski definition) is 0. The molecule has 0 aliphatic heterocycles. The molecule has 0 N–H and O–H groups in total. The number of nitrogens with zero attached hydrogens (tertiary/aromatic N) is 2. The number of rotatable bonds is 6. The summed E-state index contributed by atoms with van der Waals surface area (Å²) < 4.78 is 0. The van der Waals surface area contributed by atoms with Crippen molar-refractivity contribution in [3.63, 3.8) is 0 Å². The van der Waals surface area contributed by atoms with Gasteiger partial charge in [-0.05, 0) is 91.8 Å². The molecule has 0 aromatic heterocycles. The first-order valence-electron chi connectivity index (χ1n) is 15.8. The Morgan fingerprint density at radius 3 is 1.34 bits per heavy atom. The van der Waals surface area contributed by atoms with Crippen LogP contribution in [-0.2, 0) is 0 Å². The van der Waals surface area contributed by atoms with E-state index in [-0.39, 0.29) is 0 Å². The highest BCUT2D eigenvalue weighted by Gasteiger charge is 2.23. The van der Waals surface area contributed by atoms with Crippen molar-refractivity contribution < 1.29 is 0 Å². The van der Waals surface area contributed by atoms with Crippen LogP contribution in [0.2, 0.25) is 0 Å². The quantitative estimate of drug-likeness (QED) is 0.190. The minimum Gasteiger partial charge on any atom is -0.310 e. The number of hydrogen-bond acceptors (Lipinski definition) is 2. The molecule has 0 aliphatic carbocycles. The SMILES string of the molecule is N#Cc1cc(-c2ccccc2)c(-c2ccccc2N(c2ccc3ccccc3c2)c2ccc3ccccc3c2)c(-c2ccccc2)c1. The average molecular weight is 599 g/mol. The largest absolute Gasteiger partial charge is 0.310 e. The monoisotopic (exact) mass is 598 g/mol. The second-order valence-electron chi connectivity index (χ2n) is 11.7. The van der Waals surface area contributed by atoms with E-state index in [0.29, 0.717) is 5.56 Å². The van der Waals surface area contributed by atoms with Crippen LogP contribution in [0, 0.1) is 11.3 Å². The zero-order chi connectivity index (χ0) is 31.6. The maximum absolute atomic E-state index is 10.2. The van der Waals surface area contributed by atoms with Crippen LogP contribution >= 0.6 is 0 Å². The van der Waals surface area contributed by atoms with Gasteiger partial charge < -0.3 is 4.90 Å². The van der Waals surface area contributed by atoms with E-state index in [0.717, 1.165) is 50.4 Å². The lowest BCUT2D eigenvalue weighted by molar-refractivity contribution is 1.29. The van der Waals surface area contributed by atoms with E-state index in [4.69, 9.17) is 0 Å². The van der Waals surface area contributed by atoms with E-state index in [9.17, 15) is 5.26 Å². The Morgan fingerprint density at radius 2 is 0.830 bits per heavy atom. The second-order valence-corrected chi connectivity index (χ2v) is 11.7. The summed E-state index contributed by atoms with van der Waals surface area (Å²) in [7, 11) is 0. The first-order chi connectivity index (χ1) is 23.3. The van der Waals surface area contributed by atoms with Crippen LogP contribution in [0.3, 0.4) is 0 Å². The van der Waals surface area contributed by atoms with Crippen LogP contribution in [0.5, 0.6) is 0 Å². The van der Waals surface area contributed by atoms with Crippen molar-refractivity contribution in [3.8, 4) is 39.4 Å². The molecule has 0 bridgehead atoms. The Kier molecular flexibility index (Phi) is 7.26. The standard InChI is InChI=1S/C45H30N2/c46-31-32-27-42(35-15-3-1-4-16-35)45(43(28-32)36-17-5-2-6-18-36)41-21-11-12-22-44(41)47(39-25-23-33-13-7-9-19-37(33)29-39)40-26-24-34-14-8-10-20-38(34)30-40/h1-30H. The molecule has 2 heteroatoms. The number of para-hydroxylation sites is 1. The van der Waals surface area contributed by atoms with Gasteiger partial charge in [-0.25, -0.2) is 0 Å². The molecule has 0 amide bonds. The van der Waals surface area contributed by atoms with Crippen molar-refractivity contribution >= 4 is 38.6 Å². The first-order valence-corrected chi connectivity index (χ1v) is 15.8. The number of nitriles is 1. The number of anilines is 3. The fourth-order valence-electron chi connectivity index (χ4n) is 6.63. The van der Waals surface area contributed by atoms with Crippen molar-refractivity contribution in [2.45, 2.75) is 0 Å². The molecule has 8 aromatic carbocycles. The zero-order valence-corrected chi connectivity index (χ0v) is 25.7. The Hall–Kier alpha value is -6.43. The first kappa shape index (κ1) is 28.1. The molecular weight excluding hydrogens is 569 g/mol. The highest BCUT2D eigenvalue weighted by Crippen LogP contribution is 2.48. The highest BCUT2D eigenvalue weighted by atomic mass is 15.1. The lowest BCUT2D eigenvalue weighted by Crippen LogP contribution is -2.11. The normalized spacial score (nSPS) is 11.0. The van der Waals surface area contributed by atoms with E-state index in [1.165, 1.54) is 21.5 Å². The zero-order valence-electron chi connectivity index (χ0n) is 25.7. The summed E-state index contributed by atoms with van der Waals surface area (Å²) in [5, 5.41) is 15.0. The molecule has 8 aromatic rings. The van der Waals surface area contributed by atoms with Gasteiger partial charge in [-0.3, -0.25) is 0 Å².